The van der Waals surface area contributed by atoms with Crippen LogP contribution < -0.4 is 15.9 Å². The second-order valence-corrected chi connectivity index (χ2v) is 16.9. The van der Waals surface area contributed by atoms with E-state index in [1.807, 2.05) is 56.5 Å². The third-order valence-electron chi connectivity index (χ3n) is 9.70. The summed E-state index contributed by atoms with van der Waals surface area (Å²) in [6.07, 6.45) is 8.32. The molecule has 4 aromatic carbocycles. The summed E-state index contributed by atoms with van der Waals surface area (Å²) in [4.78, 5) is 1.60. The van der Waals surface area contributed by atoms with Gasteiger partial charge in [-0.2, -0.15) is 0 Å². The van der Waals surface area contributed by atoms with E-state index in [0.29, 0.717) is 19.0 Å². The van der Waals surface area contributed by atoms with E-state index in [1.54, 1.807) is 22.7 Å². The number of aryl methyl sites for hydroxylation is 1. The van der Waals surface area contributed by atoms with Crippen molar-refractivity contribution in [1.82, 2.24) is 15.0 Å². The Morgan fingerprint density at radius 2 is 1.22 bits per heavy atom. The van der Waals surface area contributed by atoms with Crippen LogP contribution in [0, 0.1) is 4.37 Å². The van der Waals surface area contributed by atoms with Crippen LogP contribution in [0.5, 0.6) is 0 Å². The SMILES string of the molecule is CC=C1COCC1=CC(=C([C]#[Os])[P+](c1ccccc1)(c1ccccc1)c1ccccc1)c1ccc(-c2ccc(-c3ccc(/C=C/C)o3)c3nn(C)nc23)o1. The molecule has 0 saturated carbocycles. The quantitative estimate of drug-likeness (QED) is 0.135. The number of nitrogens with zero attached hydrogens (tertiary/aromatic N) is 3. The van der Waals surface area contributed by atoms with E-state index in [4.69, 9.17) is 23.8 Å². The topological polar surface area (TPSA) is 66.2 Å². The van der Waals surface area contributed by atoms with Gasteiger partial charge in [-0.05, 0) is 19.1 Å². The summed E-state index contributed by atoms with van der Waals surface area (Å²) in [7, 11) is -0.705. The monoisotopic (exact) mass is 903 g/mol. The Kier molecular flexibility index (Phi) is 10.2. The summed E-state index contributed by atoms with van der Waals surface area (Å²) in [6.45, 7) is 5.14. The molecular formula is C46H38N3O3OsP+. The Morgan fingerprint density at radius 3 is 1.76 bits per heavy atom. The standard InChI is InChI=1S/C46H38N3O3P.Os/c1-5-16-35-23-26-42(51-35)39-24-25-40(46-45(39)47-49(4)48-46)43-27-28-44(52-43)41(29-34-31-50-30-33(34)6-2)32(3)53(36-17-10-7-11-18-36,37-19-12-8-13-20-37)38-21-14-9-15-22-38;/h5-29H,30-31H2,1-2,4H3;/q+1;/b16-5+,33-6?,34-29?,41-32?;. The Morgan fingerprint density at radius 1 is 0.685 bits per heavy atom. The number of hydrogen-bond acceptors (Lipinski definition) is 5. The number of furan rings is 2. The predicted octanol–water partition coefficient (Wildman–Crippen LogP) is 9.64. The fourth-order valence-electron chi connectivity index (χ4n) is 7.24. The zero-order chi connectivity index (χ0) is 37.1. The zero-order valence-corrected chi connectivity index (χ0v) is 33.6. The van der Waals surface area contributed by atoms with E-state index in [-0.39, 0.29) is 0 Å². The van der Waals surface area contributed by atoms with Crippen molar-refractivity contribution in [3.05, 3.63) is 174 Å². The Balaban J connectivity index is 1.39. The van der Waals surface area contributed by atoms with E-state index < -0.39 is 7.26 Å². The van der Waals surface area contributed by atoms with Crippen molar-refractivity contribution in [2.75, 3.05) is 13.2 Å². The summed E-state index contributed by atoms with van der Waals surface area (Å²) in [6, 6.07) is 44.8. The average Bonchev–Trinajstić information content (AvgIpc) is 4.05. The first kappa shape index (κ1) is 35.6. The first-order valence-corrected chi connectivity index (χ1v) is 20.9. The van der Waals surface area contributed by atoms with Crippen molar-refractivity contribution in [3.8, 4) is 27.0 Å². The third-order valence-corrected chi connectivity index (χ3v) is 15.1. The minimum atomic E-state index is -2.54. The number of ether oxygens (including phenoxy) is 1. The van der Waals surface area contributed by atoms with Crippen LogP contribution >= 0.6 is 7.26 Å². The van der Waals surface area contributed by atoms with Crippen molar-refractivity contribution in [2.45, 2.75) is 13.8 Å². The molecule has 0 radical (unpaired) electrons. The molecule has 0 aliphatic carbocycles. The predicted molar refractivity (Wildman–Crippen MR) is 217 cm³/mol. The maximum atomic E-state index is 7.00. The molecule has 1 aliphatic rings. The maximum absolute atomic E-state index is 7.00. The summed E-state index contributed by atoms with van der Waals surface area (Å²) in [5.41, 5.74) is 6.47. The molecular weight excluding hydrogens is 864 g/mol. The molecule has 3 aromatic heterocycles. The van der Waals surface area contributed by atoms with Gasteiger partial charge < -0.3 is 0 Å². The number of fused-ring (bicyclic) bond motifs is 1. The van der Waals surface area contributed by atoms with Crippen molar-refractivity contribution in [3.63, 3.8) is 0 Å². The van der Waals surface area contributed by atoms with Gasteiger partial charge in [0.05, 0.1) is 0 Å². The van der Waals surface area contributed by atoms with E-state index in [2.05, 4.69) is 121 Å². The van der Waals surface area contributed by atoms with E-state index in [9.17, 15) is 0 Å². The number of allylic oxidation sites excluding steroid dienone is 5. The molecule has 267 valence electrons. The van der Waals surface area contributed by atoms with Gasteiger partial charge in [0.15, 0.2) is 0 Å². The van der Waals surface area contributed by atoms with Crippen molar-refractivity contribution >= 4 is 45.9 Å². The van der Waals surface area contributed by atoms with Gasteiger partial charge in [0.25, 0.3) is 0 Å². The minimum absolute atomic E-state index is 0.522. The molecule has 4 heterocycles. The van der Waals surface area contributed by atoms with Gasteiger partial charge in [-0.3, -0.25) is 0 Å². The molecule has 8 heteroatoms. The molecule has 1 saturated heterocycles. The van der Waals surface area contributed by atoms with Crippen LogP contribution in [-0.2, 0) is 29.7 Å². The Bertz CT molecular complexity index is 2530. The fourth-order valence-corrected chi connectivity index (χ4v) is 13.0. The first-order valence-electron chi connectivity index (χ1n) is 17.8. The van der Waals surface area contributed by atoms with Crippen molar-refractivity contribution < 1.29 is 31.5 Å². The normalized spacial score (nSPS) is 15.4. The van der Waals surface area contributed by atoms with E-state index >= 15 is 0 Å². The van der Waals surface area contributed by atoms with Crippen LogP contribution in [-0.4, -0.2) is 28.2 Å². The summed E-state index contributed by atoms with van der Waals surface area (Å²) in [5, 5.41) is 14.4. The van der Waals surface area contributed by atoms with Crippen LogP contribution in [0.4, 0.5) is 0 Å². The van der Waals surface area contributed by atoms with Gasteiger partial charge >= 0.3 is 296 Å². The molecule has 1 fully saturated rings. The number of benzene rings is 4. The third kappa shape index (κ3) is 6.45. The molecule has 7 aromatic rings. The molecule has 0 bridgehead atoms. The molecule has 0 spiro atoms. The molecule has 0 N–H and O–H groups in total. The number of hydrogen-bond donors (Lipinski definition) is 0. The van der Waals surface area contributed by atoms with Crippen molar-refractivity contribution in [2.24, 2.45) is 7.05 Å². The molecule has 0 unspecified atom stereocenters. The van der Waals surface area contributed by atoms with Crippen LogP contribution in [0.2, 0.25) is 0 Å². The number of aromatic nitrogens is 3. The van der Waals surface area contributed by atoms with Gasteiger partial charge in [0, 0.05) is 0 Å². The molecule has 54 heavy (non-hydrogen) atoms. The van der Waals surface area contributed by atoms with Gasteiger partial charge in [-0.15, -0.1) is 0 Å². The van der Waals surface area contributed by atoms with Gasteiger partial charge in [-0.1, -0.05) is 6.08 Å². The second kappa shape index (κ2) is 15.5. The zero-order valence-electron chi connectivity index (χ0n) is 30.2. The van der Waals surface area contributed by atoms with Gasteiger partial charge in [-0.25, -0.2) is 0 Å². The molecule has 0 atom stereocenters. The Labute approximate surface area is 325 Å². The summed E-state index contributed by atoms with van der Waals surface area (Å²) >= 11 is 1.76. The van der Waals surface area contributed by atoms with Crippen LogP contribution in [0.3, 0.4) is 0 Å². The summed E-state index contributed by atoms with van der Waals surface area (Å²) < 4.78 is 23.0. The van der Waals surface area contributed by atoms with Gasteiger partial charge in [0.1, 0.15) is 5.76 Å². The fraction of sp³-hybridized carbons (Fsp3) is 0.109. The second-order valence-electron chi connectivity index (χ2n) is 12.9. The molecule has 0 amide bonds. The molecule has 1 aliphatic heterocycles. The molecule has 8 rings (SSSR count). The van der Waals surface area contributed by atoms with Crippen LogP contribution in [0.25, 0.3) is 45.3 Å². The van der Waals surface area contributed by atoms with E-state index in [1.165, 1.54) is 21.5 Å². The van der Waals surface area contributed by atoms with Gasteiger partial charge in [0.2, 0.25) is 0 Å². The summed E-state index contributed by atoms with van der Waals surface area (Å²) in [5.74, 6) is 2.96. The van der Waals surface area contributed by atoms with Crippen molar-refractivity contribution in [1.29, 1.82) is 0 Å². The Hall–Kier alpha value is -5.39. The van der Waals surface area contributed by atoms with Crippen LogP contribution in [0.1, 0.15) is 25.4 Å². The van der Waals surface area contributed by atoms with E-state index in [0.717, 1.165) is 55.9 Å². The van der Waals surface area contributed by atoms with Crippen LogP contribution in [0.15, 0.2) is 171 Å². The first-order chi connectivity index (χ1) is 26.5. The molecule has 6 nitrogen and oxygen atoms in total. The number of rotatable bonds is 9. The average molecular weight is 902 g/mol.